The molecule has 0 spiro atoms. The van der Waals surface area contributed by atoms with Crippen molar-refractivity contribution in [2.75, 3.05) is 13.2 Å². The van der Waals surface area contributed by atoms with Crippen molar-refractivity contribution in [3.8, 4) is 11.5 Å². The smallest absolute Gasteiger partial charge is 0.122 e. The molecule has 0 unspecified atom stereocenters. The van der Waals surface area contributed by atoms with Crippen molar-refractivity contribution in [2.24, 2.45) is 35.5 Å². The summed E-state index contributed by atoms with van der Waals surface area (Å²) in [5.74, 6) is 7.44. The van der Waals surface area contributed by atoms with Gasteiger partial charge in [-0.15, -0.1) is 0 Å². The minimum atomic E-state index is -0.652. The summed E-state index contributed by atoms with van der Waals surface area (Å²) in [6.45, 7) is 0.504. The Balaban J connectivity index is 0.839. The van der Waals surface area contributed by atoms with Gasteiger partial charge in [-0.05, 0) is 159 Å². The van der Waals surface area contributed by atoms with Crippen molar-refractivity contribution in [3.05, 3.63) is 59.7 Å². The molecular formula is C35H44O3. The van der Waals surface area contributed by atoms with E-state index in [0.29, 0.717) is 10.8 Å². The maximum absolute atomic E-state index is 10.5. The second-order valence-electron chi connectivity index (χ2n) is 14.7. The highest BCUT2D eigenvalue weighted by Crippen LogP contribution is 2.62. The lowest BCUT2D eigenvalue weighted by atomic mass is 9.48. The van der Waals surface area contributed by atoms with E-state index >= 15 is 0 Å². The van der Waals surface area contributed by atoms with Crippen molar-refractivity contribution < 1.29 is 14.6 Å². The van der Waals surface area contributed by atoms with E-state index in [1.54, 1.807) is 0 Å². The highest BCUT2D eigenvalue weighted by molar-refractivity contribution is 5.36. The summed E-state index contributed by atoms with van der Waals surface area (Å²) in [7, 11) is 0. The fourth-order valence-corrected chi connectivity index (χ4v) is 11.2. The Hall–Kier alpha value is -2.00. The van der Waals surface area contributed by atoms with Gasteiger partial charge in [0.1, 0.15) is 30.8 Å². The van der Waals surface area contributed by atoms with Gasteiger partial charge in [0.05, 0.1) is 0 Å². The quantitative estimate of drug-likeness (QED) is 0.399. The van der Waals surface area contributed by atoms with Gasteiger partial charge in [0, 0.05) is 0 Å². The molecule has 8 bridgehead atoms. The van der Waals surface area contributed by atoms with Crippen LogP contribution < -0.4 is 9.47 Å². The van der Waals surface area contributed by atoms with Crippen LogP contribution in [-0.4, -0.2) is 24.4 Å². The monoisotopic (exact) mass is 512 g/mol. The first-order chi connectivity index (χ1) is 18.5. The van der Waals surface area contributed by atoms with Crippen LogP contribution in [0.1, 0.15) is 88.2 Å². The van der Waals surface area contributed by atoms with Gasteiger partial charge in [0.15, 0.2) is 0 Å². The van der Waals surface area contributed by atoms with Gasteiger partial charge in [-0.25, -0.2) is 0 Å². The van der Waals surface area contributed by atoms with Crippen molar-refractivity contribution >= 4 is 0 Å². The van der Waals surface area contributed by atoms with Crippen LogP contribution >= 0.6 is 0 Å². The standard InChI is InChI=1S/C35H44O3/c36-31(21-37-32-5-1-29(2-6-32)34-15-23-9-24(16-34)11-25(10-23)17-34)22-38-33-7-3-30(4-8-33)35-18-26-12-27(19-35)14-28(13-26)20-35/h1-8,23-28,31,36H,9-22H2. The zero-order valence-electron chi connectivity index (χ0n) is 22.8. The molecule has 0 aliphatic heterocycles. The Kier molecular flexibility index (Phi) is 5.66. The SMILES string of the molecule is OC(COc1ccc(C23CC4CC(CC(C4)C2)C3)cc1)COc1ccc(C23CC4CC(CC(C4)C2)C3)cc1. The molecule has 8 fully saturated rings. The topological polar surface area (TPSA) is 38.7 Å². The highest BCUT2D eigenvalue weighted by atomic mass is 16.5. The van der Waals surface area contributed by atoms with E-state index < -0.39 is 6.10 Å². The van der Waals surface area contributed by atoms with Crippen LogP contribution in [0.3, 0.4) is 0 Å². The number of ether oxygens (including phenoxy) is 2. The average molecular weight is 513 g/mol. The van der Waals surface area contributed by atoms with Gasteiger partial charge in [0.25, 0.3) is 0 Å². The van der Waals surface area contributed by atoms with Crippen LogP contribution in [0.2, 0.25) is 0 Å². The summed E-state index contributed by atoms with van der Waals surface area (Å²) in [5, 5.41) is 10.5. The number of rotatable bonds is 8. The number of aliphatic hydroxyl groups is 1. The predicted octanol–water partition coefficient (Wildman–Crippen LogP) is 7.44. The molecule has 8 aliphatic carbocycles. The maximum atomic E-state index is 10.5. The van der Waals surface area contributed by atoms with Crippen LogP contribution in [0.15, 0.2) is 48.5 Å². The van der Waals surface area contributed by atoms with Crippen LogP contribution in [0.4, 0.5) is 0 Å². The van der Waals surface area contributed by atoms with Crippen LogP contribution in [-0.2, 0) is 10.8 Å². The lowest BCUT2D eigenvalue weighted by Gasteiger charge is -2.57. The molecule has 0 saturated heterocycles. The Bertz CT molecular complexity index is 987. The fourth-order valence-electron chi connectivity index (χ4n) is 11.2. The van der Waals surface area contributed by atoms with Gasteiger partial charge in [0.2, 0.25) is 0 Å². The molecule has 202 valence electrons. The van der Waals surface area contributed by atoms with E-state index in [9.17, 15) is 5.11 Å². The summed E-state index contributed by atoms with van der Waals surface area (Å²) in [4.78, 5) is 0. The van der Waals surface area contributed by atoms with Gasteiger partial charge in [-0.2, -0.15) is 0 Å². The van der Waals surface area contributed by atoms with Crippen LogP contribution in [0.25, 0.3) is 0 Å². The molecule has 38 heavy (non-hydrogen) atoms. The molecule has 8 aliphatic rings. The van der Waals surface area contributed by atoms with E-state index in [1.165, 1.54) is 88.2 Å². The molecule has 3 heteroatoms. The minimum absolute atomic E-state index is 0.252. The predicted molar refractivity (Wildman–Crippen MR) is 150 cm³/mol. The van der Waals surface area contributed by atoms with E-state index in [1.807, 2.05) is 0 Å². The lowest BCUT2D eigenvalue weighted by molar-refractivity contribution is -0.00532. The van der Waals surface area contributed by atoms with Crippen LogP contribution in [0, 0.1) is 35.5 Å². The van der Waals surface area contributed by atoms with Crippen molar-refractivity contribution in [3.63, 3.8) is 0 Å². The maximum Gasteiger partial charge on any atom is 0.122 e. The van der Waals surface area contributed by atoms with Crippen molar-refractivity contribution in [2.45, 2.75) is 94.0 Å². The third-order valence-corrected chi connectivity index (χ3v) is 11.9. The molecular weight excluding hydrogens is 468 g/mol. The lowest BCUT2D eigenvalue weighted by Crippen LogP contribution is -2.48. The second kappa shape index (κ2) is 9.01. The van der Waals surface area contributed by atoms with E-state index in [-0.39, 0.29) is 13.2 Å². The van der Waals surface area contributed by atoms with Crippen molar-refractivity contribution in [1.29, 1.82) is 0 Å². The zero-order valence-corrected chi connectivity index (χ0v) is 22.8. The van der Waals surface area contributed by atoms with E-state index in [4.69, 9.17) is 9.47 Å². The van der Waals surface area contributed by atoms with Gasteiger partial charge in [-0.3, -0.25) is 0 Å². The molecule has 8 saturated carbocycles. The number of benzene rings is 2. The first-order valence-corrected chi connectivity index (χ1v) is 15.7. The normalized spacial score (nSPS) is 40.9. The Morgan fingerprint density at radius 1 is 0.526 bits per heavy atom. The molecule has 10 rings (SSSR count). The third kappa shape index (κ3) is 4.19. The van der Waals surface area contributed by atoms with Gasteiger partial charge < -0.3 is 14.6 Å². The molecule has 0 atom stereocenters. The molecule has 0 aromatic heterocycles. The minimum Gasteiger partial charge on any atom is -0.491 e. The zero-order chi connectivity index (χ0) is 25.3. The first-order valence-electron chi connectivity index (χ1n) is 15.7. The van der Waals surface area contributed by atoms with Gasteiger partial charge >= 0.3 is 0 Å². The summed E-state index contributed by atoms with van der Waals surface area (Å²) < 4.78 is 11.9. The highest BCUT2D eigenvalue weighted by Gasteiger charge is 2.52. The number of hydrogen-bond acceptors (Lipinski definition) is 3. The summed E-state index contributed by atoms with van der Waals surface area (Å²) in [6, 6.07) is 17.7. The molecule has 3 nitrogen and oxygen atoms in total. The Morgan fingerprint density at radius 2 is 0.816 bits per heavy atom. The average Bonchev–Trinajstić information content (AvgIpc) is 2.90. The molecule has 0 amide bonds. The van der Waals surface area contributed by atoms with Crippen LogP contribution in [0.5, 0.6) is 11.5 Å². The Morgan fingerprint density at radius 3 is 1.11 bits per heavy atom. The number of hydrogen-bond donors (Lipinski definition) is 1. The first kappa shape index (κ1) is 23.9. The molecule has 2 aromatic rings. The molecule has 0 heterocycles. The summed E-state index contributed by atoms with van der Waals surface area (Å²) >= 11 is 0. The number of aliphatic hydroxyl groups excluding tert-OH is 1. The van der Waals surface area contributed by atoms with Crippen molar-refractivity contribution in [1.82, 2.24) is 0 Å². The summed E-state index contributed by atoms with van der Waals surface area (Å²) in [5.41, 5.74) is 3.88. The van der Waals surface area contributed by atoms with E-state index in [2.05, 4.69) is 48.5 Å². The molecule has 1 N–H and O–H groups in total. The Labute approximate surface area is 228 Å². The van der Waals surface area contributed by atoms with Gasteiger partial charge in [-0.1, -0.05) is 24.3 Å². The second-order valence-corrected chi connectivity index (χ2v) is 14.7. The largest absolute Gasteiger partial charge is 0.491 e. The molecule has 0 radical (unpaired) electrons. The third-order valence-electron chi connectivity index (χ3n) is 11.9. The molecule has 2 aromatic carbocycles. The fraction of sp³-hybridized carbons (Fsp3) is 0.657. The van der Waals surface area contributed by atoms with E-state index in [0.717, 1.165) is 47.0 Å². The summed E-state index contributed by atoms with van der Waals surface area (Å²) in [6.07, 6.45) is 16.5.